The highest BCUT2D eigenvalue weighted by molar-refractivity contribution is 7.91. The Labute approximate surface area is 162 Å². The van der Waals surface area contributed by atoms with Crippen LogP contribution in [0.15, 0.2) is 34.9 Å². The van der Waals surface area contributed by atoms with E-state index in [1.54, 1.807) is 6.07 Å². The van der Waals surface area contributed by atoms with Gasteiger partial charge in [0.1, 0.15) is 11.6 Å². The Morgan fingerprint density at radius 1 is 1.32 bits per heavy atom. The number of imide groups is 1. The van der Waals surface area contributed by atoms with Crippen LogP contribution in [0.25, 0.3) is 6.08 Å². The molecule has 0 bridgehead atoms. The number of hydrogen-bond donors (Lipinski definition) is 1. The van der Waals surface area contributed by atoms with Crippen molar-refractivity contribution in [1.29, 1.82) is 5.26 Å². The van der Waals surface area contributed by atoms with Crippen molar-refractivity contribution in [1.82, 2.24) is 4.90 Å². The third-order valence-electron chi connectivity index (χ3n) is 4.86. The van der Waals surface area contributed by atoms with E-state index in [1.807, 2.05) is 6.07 Å². The van der Waals surface area contributed by atoms with Gasteiger partial charge in [-0.1, -0.05) is 6.07 Å². The van der Waals surface area contributed by atoms with E-state index in [0.29, 0.717) is 5.56 Å². The topological polar surface area (TPSA) is 125 Å². The van der Waals surface area contributed by atoms with Gasteiger partial charge in [-0.05, 0) is 42.7 Å². The van der Waals surface area contributed by atoms with Gasteiger partial charge in [-0.2, -0.15) is 5.26 Å². The molecule has 2 amide bonds. The number of carbonyl (C=O) groups excluding carboxylic acids is 2. The molecule has 1 aromatic rings. The Hall–Kier alpha value is -3.12. The average molecular weight is 402 g/mol. The van der Waals surface area contributed by atoms with Gasteiger partial charge in [0.2, 0.25) is 0 Å². The predicted octanol–water partition coefficient (Wildman–Crippen LogP) is 1.18. The van der Waals surface area contributed by atoms with Gasteiger partial charge in [0.25, 0.3) is 11.8 Å². The van der Waals surface area contributed by atoms with Gasteiger partial charge in [-0.3, -0.25) is 14.5 Å². The third kappa shape index (κ3) is 3.39. The van der Waals surface area contributed by atoms with Gasteiger partial charge in [0.15, 0.2) is 21.3 Å². The van der Waals surface area contributed by atoms with E-state index in [-0.39, 0.29) is 46.1 Å². The predicted molar refractivity (Wildman–Crippen MR) is 99.9 cm³/mol. The Kier molecular flexibility index (Phi) is 5.00. The van der Waals surface area contributed by atoms with Gasteiger partial charge in [0.05, 0.1) is 24.7 Å². The Balaban J connectivity index is 2.10. The Bertz CT molecular complexity index is 1080. The zero-order valence-electron chi connectivity index (χ0n) is 15.3. The fourth-order valence-corrected chi connectivity index (χ4v) is 5.06. The summed E-state index contributed by atoms with van der Waals surface area (Å²) in [6.07, 6.45) is 1.64. The van der Waals surface area contributed by atoms with Gasteiger partial charge in [-0.15, -0.1) is 0 Å². The molecule has 2 heterocycles. The maximum absolute atomic E-state index is 13.0. The minimum atomic E-state index is -3.33. The molecular weight excluding hydrogens is 384 g/mol. The minimum absolute atomic E-state index is 0.0717. The number of nitriles is 1. The van der Waals surface area contributed by atoms with E-state index < -0.39 is 27.7 Å². The summed E-state index contributed by atoms with van der Waals surface area (Å²) >= 11 is 0. The quantitative estimate of drug-likeness (QED) is 0.594. The fourth-order valence-electron chi connectivity index (χ4n) is 3.36. The van der Waals surface area contributed by atoms with Crippen molar-refractivity contribution in [3.8, 4) is 17.6 Å². The molecule has 1 atom stereocenters. The summed E-state index contributed by atoms with van der Waals surface area (Å²) in [5, 5.41) is 19.1. The SMILES string of the molecule is COc1cc(C=C2C(=O)N(C3CCS(=O)(=O)C3)C(=O)C(C#N)=C2C)ccc1O. The first-order valence-corrected chi connectivity index (χ1v) is 10.3. The van der Waals surface area contributed by atoms with Crippen molar-refractivity contribution < 1.29 is 27.9 Å². The van der Waals surface area contributed by atoms with E-state index >= 15 is 0 Å². The van der Waals surface area contributed by atoms with Gasteiger partial charge in [0, 0.05) is 5.57 Å². The minimum Gasteiger partial charge on any atom is -0.504 e. The largest absolute Gasteiger partial charge is 0.504 e. The summed E-state index contributed by atoms with van der Waals surface area (Å²) in [5.41, 5.74) is 0.665. The van der Waals surface area contributed by atoms with Crippen LogP contribution in [0.1, 0.15) is 18.9 Å². The van der Waals surface area contributed by atoms with Crippen LogP contribution in [0, 0.1) is 11.3 Å². The van der Waals surface area contributed by atoms with E-state index in [4.69, 9.17) is 4.74 Å². The van der Waals surface area contributed by atoms with Crippen LogP contribution in [0.4, 0.5) is 0 Å². The molecular formula is C19H18N2O6S. The zero-order chi connectivity index (χ0) is 20.6. The lowest BCUT2D eigenvalue weighted by molar-refractivity contribution is -0.142. The number of aromatic hydroxyl groups is 1. The normalized spacial score (nSPS) is 23.2. The first-order valence-electron chi connectivity index (χ1n) is 8.47. The molecule has 28 heavy (non-hydrogen) atoms. The number of nitrogens with zero attached hydrogens (tertiary/aromatic N) is 2. The number of phenols is 1. The lowest BCUT2D eigenvalue weighted by Gasteiger charge is -2.31. The van der Waals surface area contributed by atoms with Crippen LogP contribution in [-0.2, 0) is 19.4 Å². The highest BCUT2D eigenvalue weighted by Crippen LogP contribution is 2.33. The van der Waals surface area contributed by atoms with Crippen molar-refractivity contribution in [2.24, 2.45) is 0 Å². The molecule has 0 radical (unpaired) electrons. The number of phenolic OH excluding ortho intramolecular Hbond substituents is 1. The molecule has 2 aliphatic rings. The van der Waals surface area contributed by atoms with Crippen LogP contribution in [0.3, 0.4) is 0 Å². The van der Waals surface area contributed by atoms with Crippen LogP contribution in [0.5, 0.6) is 11.5 Å². The second-order valence-electron chi connectivity index (χ2n) is 6.64. The monoisotopic (exact) mass is 402 g/mol. The lowest BCUT2D eigenvalue weighted by atomic mass is 9.92. The van der Waals surface area contributed by atoms with E-state index in [9.17, 15) is 28.4 Å². The van der Waals surface area contributed by atoms with Crippen molar-refractivity contribution >= 4 is 27.7 Å². The van der Waals surface area contributed by atoms with E-state index in [0.717, 1.165) is 4.90 Å². The Morgan fingerprint density at radius 3 is 2.61 bits per heavy atom. The molecule has 146 valence electrons. The molecule has 1 aromatic carbocycles. The maximum Gasteiger partial charge on any atom is 0.271 e. The van der Waals surface area contributed by atoms with Crippen molar-refractivity contribution in [3.05, 3.63) is 40.5 Å². The summed E-state index contributed by atoms with van der Waals surface area (Å²) in [6, 6.07) is 5.50. The summed E-state index contributed by atoms with van der Waals surface area (Å²) in [6.45, 7) is 1.50. The molecule has 9 heteroatoms. The maximum atomic E-state index is 13.0. The first-order chi connectivity index (χ1) is 13.2. The number of methoxy groups -OCH3 is 1. The number of benzene rings is 1. The molecule has 1 fully saturated rings. The molecule has 0 saturated carbocycles. The lowest BCUT2D eigenvalue weighted by Crippen LogP contribution is -2.49. The number of carbonyl (C=O) groups is 2. The molecule has 0 aliphatic carbocycles. The molecule has 2 aliphatic heterocycles. The van der Waals surface area contributed by atoms with Gasteiger partial charge >= 0.3 is 0 Å². The zero-order valence-corrected chi connectivity index (χ0v) is 16.1. The summed E-state index contributed by atoms with van der Waals surface area (Å²) < 4.78 is 28.7. The standard InChI is InChI=1S/C19H18N2O6S/c1-11-14(7-12-3-4-16(22)17(8-12)27-2)18(23)21(19(24)15(11)9-20)13-5-6-28(25,26)10-13/h3-4,7-8,13,22H,5-6,10H2,1-2H3. The number of rotatable bonds is 3. The van der Waals surface area contributed by atoms with E-state index in [1.165, 1.54) is 32.2 Å². The molecule has 8 nitrogen and oxygen atoms in total. The van der Waals surface area contributed by atoms with Crippen LogP contribution in [0.2, 0.25) is 0 Å². The summed E-state index contributed by atoms with van der Waals surface area (Å²) in [4.78, 5) is 26.6. The molecule has 0 spiro atoms. The average Bonchev–Trinajstić information content (AvgIpc) is 3.00. The molecule has 1 saturated heterocycles. The number of hydrogen-bond acceptors (Lipinski definition) is 7. The number of ether oxygens (including phenoxy) is 1. The van der Waals surface area contributed by atoms with Gasteiger partial charge < -0.3 is 9.84 Å². The number of sulfone groups is 1. The second-order valence-corrected chi connectivity index (χ2v) is 8.87. The first kappa shape index (κ1) is 19.6. The smallest absolute Gasteiger partial charge is 0.271 e. The van der Waals surface area contributed by atoms with Crippen molar-refractivity contribution in [2.75, 3.05) is 18.6 Å². The van der Waals surface area contributed by atoms with Gasteiger partial charge in [-0.25, -0.2) is 8.42 Å². The third-order valence-corrected chi connectivity index (χ3v) is 6.61. The molecule has 0 aromatic heterocycles. The molecule has 1 N–H and O–H groups in total. The highest BCUT2D eigenvalue weighted by atomic mass is 32.2. The summed E-state index contributed by atoms with van der Waals surface area (Å²) in [7, 11) is -1.94. The van der Waals surface area contributed by atoms with Crippen molar-refractivity contribution in [3.63, 3.8) is 0 Å². The Morgan fingerprint density at radius 2 is 2.04 bits per heavy atom. The van der Waals surface area contributed by atoms with E-state index in [2.05, 4.69) is 0 Å². The summed E-state index contributed by atoms with van der Waals surface area (Å²) in [5.74, 6) is -1.69. The number of amides is 2. The highest BCUT2D eigenvalue weighted by Gasteiger charge is 2.43. The molecule has 3 rings (SSSR count). The second kappa shape index (κ2) is 7.13. The van der Waals surface area contributed by atoms with Crippen LogP contribution >= 0.6 is 0 Å². The fraction of sp³-hybridized carbons (Fsp3) is 0.316. The molecule has 1 unspecified atom stereocenters. The van der Waals surface area contributed by atoms with Crippen LogP contribution in [-0.4, -0.2) is 54.9 Å². The van der Waals surface area contributed by atoms with Crippen LogP contribution < -0.4 is 4.74 Å². The van der Waals surface area contributed by atoms with Crippen molar-refractivity contribution in [2.45, 2.75) is 19.4 Å².